The van der Waals surface area contributed by atoms with Crippen molar-refractivity contribution in [3.63, 3.8) is 0 Å². The molecule has 0 aliphatic carbocycles. The molecule has 0 aliphatic heterocycles. The van der Waals surface area contributed by atoms with E-state index in [9.17, 15) is 9.59 Å². The van der Waals surface area contributed by atoms with Crippen LogP contribution in [0.15, 0.2) is 48.5 Å². The van der Waals surface area contributed by atoms with Gasteiger partial charge in [-0.1, -0.05) is 43.5 Å². The molecule has 2 aromatic carbocycles. The quantitative estimate of drug-likeness (QED) is 0.668. The largest absolute Gasteiger partial charge is 0.324 e. The van der Waals surface area contributed by atoms with Crippen LogP contribution in [-0.4, -0.2) is 17.9 Å². The first-order valence-corrected chi connectivity index (χ1v) is 8.94. The Kier molecular flexibility index (Phi) is 7.45. The molecule has 26 heavy (non-hydrogen) atoms. The van der Waals surface area contributed by atoms with Crippen molar-refractivity contribution in [2.24, 2.45) is 5.92 Å². The number of halogens is 2. The fourth-order valence-corrected chi connectivity index (χ4v) is 2.42. The van der Waals surface area contributed by atoms with Gasteiger partial charge in [-0.05, 0) is 54.4 Å². The molecule has 2 aromatic rings. The van der Waals surface area contributed by atoms with E-state index >= 15 is 0 Å². The van der Waals surface area contributed by atoms with Crippen molar-refractivity contribution >= 4 is 40.7 Å². The highest BCUT2D eigenvalue weighted by Crippen LogP contribution is 2.17. The average Bonchev–Trinajstić information content (AvgIpc) is 2.64. The molecule has 0 saturated carbocycles. The summed E-state index contributed by atoms with van der Waals surface area (Å²) in [5, 5.41) is 3.87. The van der Waals surface area contributed by atoms with Gasteiger partial charge in [0.25, 0.3) is 11.8 Å². The lowest BCUT2D eigenvalue weighted by Gasteiger charge is -2.22. The lowest BCUT2D eigenvalue weighted by molar-refractivity contribution is -0.135. The standard InChI is InChI=1S/C19H20Cl2N2O3/c1-3-12(2)17(19(25)22-16-10-8-15(21)9-11-16)26-23-18(24)13-4-6-14(20)7-5-13/h4-12,17H,3H2,1-2H3,(H,22,25)(H,23,24)/t12?,17-/m1/s1. The van der Waals surface area contributed by atoms with Gasteiger partial charge in [0, 0.05) is 21.3 Å². The molecule has 138 valence electrons. The van der Waals surface area contributed by atoms with Crippen LogP contribution in [0.1, 0.15) is 30.6 Å². The van der Waals surface area contributed by atoms with Gasteiger partial charge in [-0.25, -0.2) is 5.48 Å². The van der Waals surface area contributed by atoms with Crippen molar-refractivity contribution < 1.29 is 14.4 Å². The second-order valence-corrected chi connectivity index (χ2v) is 6.73. The maximum absolute atomic E-state index is 12.6. The zero-order valence-electron chi connectivity index (χ0n) is 14.5. The minimum Gasteiger partial charge on any atom is -0.324 e. The fraction of sp³-hybridized carbons (Fsp3) is 0.263. The number of nitrogens with one attached hydrogen (secondary N) is 2. The predicted molar refractivity (Wildman–Crippen MR) is 103 cm³/mol. The van der Waals surface area contributed by atoms with Gasteiger partial charge >= 0.3 is 0 Å². The first-order valence-electron chi connectivity index (χ1n) is 8.18. The van der Waals surface area contributed by atoms with Crippen molar-refractivity contribution in [1.29, 1.82) is 0 Å². The average molecular weight is 395 g/mol. The van der Waals surface area contributed by atoms with E-state index in [-0.39, 0.29) is 11.8 Å². The van der Waals surface area contributed by atoms with Gasteiger partial charge in [-0.15, -0.1) is 0 Å². The van der Waals surface area contributed by atoms with Crippen LogP contribution in [0.25, 0.3) is 0 Å². The predicted octanol–water partition coefficient (Wildman–Crippen LogP) is 4.71. The normalized spacial score (nSPS) is 12.9. The summed E-state index contributed by atoms with van der Waals surface area (Å²) in [4.78, 5) is 30.1. The van der Waals surface area contributed by atoms with E-state index in [2.05, 4.69) is 10.8 Å². The highest BCUT2D eigenvalue weighted by Gasteiger charge is 2.26. The molecule has 0 saturated heterocycles. The molecule has 0 spiro atoms. The Balaban J connectivity index is 2.01. The number of amides is 2. The zero-order valence-corrected chi connectivity index (χ0v) is 16.0. The van der Waals surface area contributed by atoms with Crippen LogP contribution in [0.5, 0.6) is 0 Å². The number of carbonyl (C=O) groups excluding carboxylic acids is 2. The lowest BCUT2D eigenvalue weighted by Crippen LogP contribution is -2.41. The molecule has 7 heteroatoms. The number of benzene rings is 2. The molecule has 2 atom stereocenters. The SMILES string of the molecule is CCC(C)[C@@H](ONC(=O)c1ccc(Cl)cc1)C(=O)Nc1ccc(Cl)cc1. The third kappa shape index (κ3) is 5.73. The second kappa shape index (κ2) is 9.57. The van der Waals surface area contributed by atoms with Crippen LogP contribution < -0.4 is 10.8 Å². The Morgan fingerprint density at radius 3 is 2.08 bits per heavy atom. The van der Waals surface area contributed by atoms with E-state index in [1.807, 2.05) is 13.8 Å². The van der Waals surface area contributed by atoms with Crippen molar-refractivity contribution in [3.05, 3.63) is 64.1 Å². The first kappa shape index (κ1) is 20.2. The summed E-state index contributed by atoms with van der Waals surface area (Å²) in [6, 6.07) is 13.1. The van der Waals surface area contributed by atoms with Gasteiger partial charge in [-0.2, -0.15) is 0 Å². The molecule has 0 bridgehead atoms. The van der Waals surface area contributed by atoms with E-state index in [0.29, 0.717) is 27.7 Å². The lowest BCUT2D eigenvalue weighted by atomic mass is 10.0. The van der Waals surface area contributed by atoms with Crippen LogP contribution in [0.2, 0.25) is 10.0 Å². The Hall–Kier alpha value is -2.08. The summed E-state index contributed by atoms with van der Waals surface area (Å²) in [5.41, 5.74) is 3.33. The zero-order chi connectivity index (χ0) is 19.1. The summed E-state index contributed by atoms with van der Waals surface area (Å²) in [5.74, 6) is -0.903. The number of hydroxylamine groups is 1. The number of hydrogen-bond donors (Lipinski definition) is 2. The topological polar surface area (TPSA) is 67.4 Å². The molecule has 0 fully saturated rings. The number of rotatable bonds is 7. The molecule has 0 heterocycles. The minimum absolute atomic E-state index is 0.104. The van der Waals surface area contributed by atoms with Gasteiger partial charge in [0.05, 0.1) is 0 Å². The second-order valence-electron chi connectivity index (χ2n) is 5.86. The fourth-order valence-electron chi connectivity index (χ4n) is 2.17. The smallest absolute Gasteiger partial charge is 0.274 e. The third-order valence-electron chi connectivity index (χ3n) is 3.92. The van der Waals surface area contributed by atoms with E-state index in [1.165, 1.54) is 0 Å². The van der Waals surface area contributed by atoms with E-state index < -0.39 is 12.0 Å². The molecule has 2 N–H and O–H groups in total. The van der Waals surface area contributed by atoms with Crippen molar-refractivity contribution in [2.75, 3.05) is 5.32 Å². The summed E-state index contributed by atoms with van der Waals surface area (Å²) in [6.07, 6.45) is -0.137. The van der Waals surface area contributed by atoms with E-state index in [1.54, 1.807) is 48.5 Å². The van der Waals surface area contributed by atoms with Crippen LogP contribution in [-0.2, 0) is 9.63 Å². The number of anilines is 1. The van der Waals surface area contributed by atoms with Crippen LogP contribution in [0.3, 0.4) is 0 Å². The monoisotopic (exact) mass is 394 g/mol. The summed E-state index contributed by atoms with van der Waals surface area (Å²) >= 11 is 11.7. The minimum atomic E-state index is -0.841. The molecule has 0 radical (unpaired) electrons. The molecule has 1 unspecified atom stereocenters. The maximum atomic E-state index is 12.6. The summed E-state index contributed by atoms with van der Waals surface area (Å²) in [6.45, 7) is 3.82. The molecular weight excluding hydrogens is 375 g/mol. The van der Waals surface area contributed by atoms with Crippen LogP contribution >= 0.6 is 23.2 Å². The van der Waals surface area contributed by atoms with E-state index in [4.69, 9.17) is 28.0 Å². The van der Waals surface area contributed by atoms with Crippen molar-refractivity contribution in [2.45, 2.75) is 26.4 Å². The third-order valence-corrected chi connectivity index (χ3v) is 4.42. The van der Waals surface area contributed by atoms with Gasteiger partial charge in [0.1, 0.15) is 0 Å². The van der Waals surface area contributed by atoms with Gasteiger partial charge in [-0.3, -0.25) is 14.4 Å². The van der Waals surface area contributed by atoms with Crippen LogP contribution in [0, 0.1) is 5.92 Å². The Morgan fingerprint density at radius 2 is 1.54 bits per heavy atom. The molecule has 2 amide bonds. The summed E-state index contributed by atoms with van der Waals surface area (Å²) in [7, 11) is 0. The molecule has 0 aliphatic rings. The number of carbonyl (C=O) groups is 2. The Bertz CT molecular complexity index is 748. The highest BCUT2D eigenvalue weighted by molar-refractivity contribution is 6.31. The molecule has 5 nitrogen and oxygen atoms in total. The van der Waals surface area contributed by atoms with Crippen molar-refractivity contribution in [3.8, 4) is 0 Å². The molecule has 2 rings (SSSR count). The van der Waals surface area contributed by atoms with Gasteiger partial charge < -0.3 is 5.32 Å². The van der Waals surface area contributed by atoms with Gasteiger partial charge in [0.15, 0.2) is 6.10 Å². The van der Waals surface area contributed by atoms with Crippen LogP contribution in [0.4, 0.5) is 5.69 Å². The highest BCUT2D eigenvalue weighted by atomic mass is 35.5. The Morgan fingerprint density at radius 1 is 1.00 bits per heavy atom. The number of hydrogen-bond acceptors (Lipinski definition) is 3. The van der Waals surface area contributed by atoms with E-state index in [0.717, 1.165) is 0 Å². The maximum Gasteiger partial charge on any atom is 0.274 e. The van der Waals surface area contributed by atoms with Gasteiger partial charge in [0.2, 0.25) is 0 Å². The van der Waals surface area contributed by atoms with Crippen molar-refractivity contribution in [1.82, 2.24) is 5.48 Å². The Labute approximate surface area is 162 Å². The summed E-state index contributed by atoms with van der Waals surface area (Å²) < 4.78 is 0. The first-order chi connectivity index (χ1) is 12.4. The molecular formula is C19H20Cl2N2O3. The molecule has 0 aromatic heterocycles.